The van der Waals surface area contributed by atoms with E-state index in [0.29, 0.717) is 19.3 Å². The van der Waals surface area contributed by atoms with Gasteiger partial charge in [-0.1, -0.05) is 249 Å². The van der Waals surface area contributed by atoms with E-state index in [0.717, 1.165) is 89.9 Å². The van der Waals surface area contributed by atoms with Crippen molar-refractivity contribution in [2.24, 2.45) is 0 Å². The summed E-state index contributed by atoms with van der Waals surface area (Å²) in [5.41, 5.74) is 0. The maximum Gasteiger partial charge on any atom is 0.335 e. The topological polar surface area (TPSA) is 175 Å². The second kappa shape index (κ2) is 57.1. The van der Waals surface area contributed by atoms with Gasteiger partial charge in [0.15, 0.2) is 24.6 Å². The molecule has 0 aliphatic carbocycles. The third-order valence-corrected chi connectivity index (χ3v) is 15.3. The van der Waals surface area contributed by atoms with Crippen molar-refractivity contribution < 1.29 is 58.2 Å². The molecule has 0 bridgehead atoms. The highest BCUT2D eigenvalue weighted by Gasteiger charge is 2.50. The SMILES string of the molecule is CCC/C=C\C/C=C\CCCCCCCC(=O)OC1C(OCC(COC(=O)CCCCCCCCCCC/C=C\CCCCCCCC)OC(=O)CCCCCCCCCCC/C=C\CCCCCCCC)OC(C(=O)O)C(O)C1O. The standard InChI is InChI=1S/C69H122O12/c1-4-7-10-13-16-19-22-25-27-29-31-33-35-38-40-43-46-49-52-55-61(70)77-58-60(79-62(71)56-53-50-47-44-42-39-36-34-32-30-28-26-23-20-17-14-11-8-5-2)59-78-69-67(65(74)64(73)66(81-69)68(75)76)80-63(72)57-54-51-48-45-41-37-24-21-18-15-12-9-6-3/h12,15,21,24-28,60,64-67,69,73-74H,4-11,13-14,16-20,22-23,29-59H2,1-3H3,(H,75,76)/b15-12-,24-21-,27-25-,28-26-. The molecule has 12 nitrogen and oxygen atoms in total. The molecule has 6 atom stereocenters. The number of ether oxygens (including phenoxy) is 5. The normalized spacial score (nSPS) is 18.0. The first-order chi connectivity index (χ1) is 39.6. The lowest BCUT2D eigenvalue weighted by Crippen LogP contribution is -2.61. The maximum atomic E-state index is 13.2. The van der Waals surface area contributed by atoms with Gasteiger partial charge in [-0.3, -0.25) is 14.4 Å². The van der Waals surface area contributed by atoms with Crippen molar-refractivity contribution in [3.63, 3.8) is 0 Å². The van der Waals surface area contributed by atoms with Crippen molar-refractivity contribution in [2.75, 3.05) is 13.2 Å². The van der Waals surface area contributed by atoms with Gasteiger partial charge < -0.3 is 39.0 Å². The maximum absolute atomic E-state index is 13.2. The summed E-state index contributed by atoms with van der Waals surface area (Å²) in [6.07, 6.45) is 57.9. The average molecular weight is 1140 g/mol. The number of aliphatic carboxylic acids is 1. The predicted octanol–water partition coefficient (Wildman–Crippen LogP) is 18.1. The van der Waals surface area contributed by atoms with Crippen LogP contribution in [0.4, 0.5) is 0 Å². The molecule has 1 fully saturated rings. The molecule has 1 rings (SSSR count). The summed E-state index contributed by atoms with van der Waals surface area (Å²) in [6.45, 7) is 5.96. The fourth-order valence-corrected chi connectivity index (χ4v) is 10.2. The molecule has 0 amide bonds. The molecule has 1 aliphatic heterocycles. The summed E-state index contributed by atoms with van der Waals surface area (Å²) < 4.78 is 28.6. The van der Waals surface area contributed by atoms with Gasteiger partial charge in [0.05, 0.1) is 6.61 Å². The molecule has 3 N–H and O–H groups in total. The van der Waals surface area contributed by atoms with Crippen molar-refractivity contribution in [2.45, 2.75) is 353 Å². The molecule has 1 saturated heterocycles. The highest BCUT2D eigenvalue weighted by atomic mass is 16.7. The Morgan fingerprint density at radius 1 is 0.407 bits per heavy atom. The van der Waals surface area contributed by atoms with Crippen LogP contribution >= 0.6 is 0 Å². The summed E-state index contributed by atoms with van der Waals surface area (Å²) in [5.74, 6) is -3.12. The summed E-state index contributed by atoms with van der Waals surface area (Å²) in [6, 6.07) is 0. The van der Waals surface area contributed by atoms with E-state index >= 15 is 0 Å². The zero-order valence-corrected chi connectivity index (χ0v) is 52.0. The van der Waals surface area contributed by atoms with Crippen molar-refractivity contribution >= 4 is 23.9 Å². The number of aliphatic hydroxyl groups excluding tert-OH is 2. The number of allylic oxidation sites excluding steroid dienone is 8. The van der Waals surface area contributed by atoms with E-state index in [4.69, 9.17) is 23.7 Å². The van der Waals surface area contributed by atoms with Crippen molar-refractivity contribution in [1.29, 1.82) is 0 Å². The van der Waals surface area contributed by atoms with Crippen molar-refractivity contribution in [3.05, 3.63) is 48.6 Å². The zero-order chi connectivity index (χ0) is 58.9. The lowest BCUT2D eigenvalue weighted by molar-refractivity contribution is -0.301. The Labute approximate surface area is 494 Å². The van der Waals surface area contributed by atoms with Crippen LogP contribution in [0.3, 0.4) is 0 Å². The van der Waals surface area contributed by atoms with Gasteiger partial charge in [0, 0.05) is 19.3 Å². The molecular formula is C69H122O12. The molecule has 0 saturated carbocycles. The molecule has 0 aromatic rings. The molecule has 0 spiro atoms. The molecule has 1 heterocycles. The van der Waals surface area contributed by atoms with E-state index in [1.807, 2.05) is 0 Å². The van der Waals surface area contributed by atoms with Crippen molar-refractivity contribution in [3.8, 4) is 0 Å². The highest BCUT2D eigenvalue weighted by molar-refractivity contribution is 5.74. The Hall–Kier alpha value is -3.32. The minimum atomic E-state index is -1.91. The van der Waals surface area contributed by atoms with Crippen LogP contribution in [0.2, 0.25) is 0 Å². The first-order valence-electron chi connectivity index (χ1n) is 33.6. The Balaban J connectivity index is 2.64. The molecule has 0 radical (unpaired) electrons. The number of carboxylic acids is 1. The van der Waals surface area contributed by atoms with Crippen molar-refractivity contribution in [1.82, 2.24) is 0 Å². The minimum absolute atomic E-state index is 0.0454. The summed E-state index contributed by atoms with van der Waals surface area (Å²) in [7, 11) is 0. The van der Waals surface area contributed by atoms with Crippen LogP contribution in [0.5, 0.6) is 0 Å². The van der Waals surface area contributed by atoms with Crippen LogP contribution in [0, 0.1) is 0 Å². The fraction of sp³-hybridized carbons (Fsp3) is 0.826. The van der Waals surface area contributed by atoms with E-state index in [1.165, 1.54) is 167 Å². The number of carbonyl (C=O) groups excluding carboxylic acids is 3. The molecule has 81 heavy (non-hydrogen) atoms. The van der Waals surface area contributed by atoms with E-state index in [1.54, 1.807) is 0 Å². The third-order valence-electron chi connectivity index (χ3n) is 15.3. The summed E-state index contributed by atoms with van der Waals surface area (Å²) in [5, 5.41) is 31.6. The number of unbranched alkanes of at least 4 members (excludes halogenated alkanes) is 36. The van der Waals surface area contributed by atoms with Gasteiger partial charge in [-0.15, -0.1) is 0 Å². The van der Waals surface area contributed by atoms with Crippen LogP contribution in [0.1, 0.15) is 316 Å². The van der Waals surface area contributed by atoms with Crippen LogP contribution < -0.4 is 0 Å². The second-order valence-corrected chi connectivity index (χ2v) is 23.1. The molecular weight excluding hydrogens is 1020 g/mol. The molecule has 12 heteroatoms. The first-order valence-corrected chi connectivity index (χ1v) is 33.6. The van der Waals surface area contributed by atoms with Crippen LogP contribution in [-0.2, 0) is 42.9 Å². The summed E-state index contributed by atoms with van der Waals surface area (Å²) >= 11 is 0. The van der Waals surface area contributed by atoms with Crippen LogP contribution in [0.15, 0.2) is 48.6 Å². The van der Waals surface area contributed by atoms with Crippen LogP contribution in [0.25, 0.3) is 0 Å². The van der Waals surface area contributed by atoms with E-state index in [-0.39, 0.29) is 25.9 Å². The van der Waals surface area contributed by atoms with E-state index < -0.39 is 67.3 Å². The van der Waals surface area contributed by atoms with Crippen LogP contribution in [-0.4, -0.2) is 89.2 Å². The quantitative estimate of drug-likeness (QED) is 0.0228. The number of carboxylic acid groups (broad SMARTS) is 1. The number of carbonyl (C=O) groups is 4. The highest BCUT2D eigenvalue weighted by Crippen LogP contribution is 2.27. The Kier molecular flexibility index (Phi) is 53.4. The van der Waals surface area contributed by atoms with Gasteiger partial charge in [-0.2, -0.15) is 0 Å². The molecule has 0 aromatic heterocycles. The fourth-order valence-electron chi connectivity index (χ4n) is 10.2. The molecule has 470 valence electrons. The number of aliphatic hydroxyl groups is 2. The van der Waals surface area contributed by atoms with E-state index in [9.17, 15) is 34.5 Å². The monoisotopic (exact) mass is 1140 g/mol. The Bertz CT molecular complexity index is 1590. The second-order valence-electron chi connectivity index (χ2n) is 23.1. The zero-order valence-electron chi connectivity index (χ0n) is 52.0. The number of rotatable bonds is 58. The number of hydrogen-bond donors (Lipinski definition) is 3. The molecule has 0 aromatic carbocycles. The van der Waals surface area contributed by atoms with Gasteiger partial charge in [0.2, 0.25) is 0 Å². The number of hydrogen-bond acceptors (Lipinski definition) is 11. The Morgan fingerprint density at radius 2 is 0.765 bits per heavy atom. The lowest BCUT2D eigenvalue weighted by Gasteiger charge is -2.40. The number of esters is 3. The molecule has 1 aliphatic rings. The average Bonchev–Trinajstić information content (AvgIpc) is 3.54. The lowest BCUT2D eigenvalue weighted by atomic mass is 9.98. The van der Waals surface area contributed by atoms with Gasteiger partial charge in [0.25, 0.3) is 0 Å². The third kappa shape index (κ3) is 46.7. The molecule has 6 unspecified atom stereocenters. The van der Waals surface area contributed by atoms with Gasteiger partial charge >= 0.3 is 23.9 Å². The Morgan fingerprint density at radius 3 is 1.17 bits per heavy atom. The minimum Gasteiger partial charge on any atom is -0.479 e. The first kappa shape index (κ1) is 75.7. The van der Waals surface area contributed by atoms with Gasteiger partial charge in [-0.25, -0.2) is 4.79 Å². The summed E-state index contributed by atoms with van der Waals surface area (Å²) in [4.78, 5) is 51.3. The predicted molar refractivity (Wildman–Crippen MR) is 331 cm³/mol. The van der Waals surface area contributed by atoms with E-state index in [2.05, 4.69) is 69.4 Å². The smallest absolute Gasteiger partial charge is 0.335 e. The van der Waals surface area contributed by atoms with Gasteiger partial charge in [-0.05, 0) is 96.3 Å². The largest absolute Gasteiger partial charge is 0.479 e. The van der Waals surface area contributed by atoms with Gasteiger partial charge in [0.1, 0.15) is 18.8 Å².